The van der Waals surface area contributed by atoms with Crippen LogP contribution in [-0.4, -0.2) is 10.8 Å². The Hall–Kier alpha value is -1.39. The van der Waals surface area contributed by atoms with Crippen LogP contribution in [0.15, 0.2) is 35.4 Å². The third kappa shape index (κ3) is 2.70. The molecular formula is C16H13ClFNOS. The zero-order chi connectivity index (χ0) is 15.0. The number of halogens is 2. The Kier molecular flexibility index (Phi) is 4.00. The van der Waals surface area contributed by atoms with Gasteiger partial charge in [0.1, 0.15) is 5.78 Å². The van der Waals surface area contributed by atoms with E-state index in [0.29, 0.717) is 9.92 Å². The minimum atomic E-state index is -0.395. The lowest BCUT2D eigenvalue weighted by molar-refractivity contribution is -0.117. The van der Waals surface area contributed by atoms with Gasteiger partial charge in [0.2, 0.25) is 0 Å². The van der Waals surface area contributed by atoms with Crippen molar-refractivity contribution in [3.05, 3.63) is 57.9 Å². The first-order valence-corrected chi connectivity index (χ1v) is 7.76. The van der Waals surface area contributed by atoms with Gasteiger partial charge < -0.3 is 0 Å². The predicted octanol–water partition coefficient (Wildman–Crippen LogP) is 4.53. The molecule has 1 aliphatic carbocycles. The zero-order valence-electron chi connectivity index (χ0n) is 11.4. The van der Waals surface area contributed by atoms with Gasteiger partial charge in [-0.1, -0.05) is 17.7 Å². The van der Waals surface area contributed by atoms with Crippen molar-refractivity contribution in [3.63, 3.8) is 0 Å². The van der Waals surface area contributed by atoms with Crippen molar-refractivity contribution in [2.75, 3.05) is 0 Å². The summed E-state index contributed by atoms with van der Waals surface area (Å²) in [5.41, 5.74) is 3.69. The van der Waals surface area contributed by atoms with Crippen molar-refractivity contribution in [3.8, 4) is 0 Å². The Balaban J connectivity index is 2.19. The number of nitrogens with zero attached hydrogens (tertiary/aromatic N) is 1. The number of aromatic nitrogens is 1. The van der Waals surface area contributed by atoms with Gasteiger partial charge >= 0.3 is 0 Å². The molecule has 2 aromatic rings. The Morgan fingerprint density at radius 3 is 2.81 bits per heavy atom. The van der Waals surface area contributed by atoms with E-state index in [1.165, 1.54) is 6.20 Å². The molecule has 1 unspecified atom stereocenters. The van der Waals surface area contributed by atoms with E-state index in [-0.39, 0.29) is 17.9 Å². The van der Waals surface area contributed by atoms with Crippen LogP contribution in [0.3, 0.4) is 0 Å². The summed E-state index contributed by atoms with van der Waals surface area (Å²) in [6.07, 6.45) is 2.99. The largest absolute Gasteiger partial charge is 0.299 e. The Morgan fingerprint density at radius 2 is 2.10 bits per heavy atom. The highest BCUT2D eigenvalue weighted by Crippen LogP contribution is 2.36. The molecule has 1 aromatic carbocycles. The fourth-order valence-electron chi connectivity index (χ4n) is 2.90. The van der Waals surface area contributed by atoms with Crippen LogP contribution in [0.4, 0.5) is 3.89 Å². The summed E-state index contributed by atoms with van der Waals surface area (Å²) in [5, 5.41) is 0.662. The van der Waals surface area contributed by atoms with Crippen molar-refractivity contribution in [1.82, 2.24) is 4.98 Å². The average molecular weight is 322 g/mol. The van der Waals surface area contributed by atoms with Gasteiger partial charge in [-0.25, -0.2) is 0 Å². The second kappa shape index (κ2) is 5.78. The van der Waals surface area contributed by atoms with E-state index in [1.807, 2.05) is 12.1 Å². The van der Waals surface area contributed by atoms with Crippen molar-refractivity contribution < 1.29 is 8.68 Å². The monoisotopic (exact) mass is 321 g/mol. The van der Waals surface area contributed by atoms with Crippen LogP contribution < -0.4 is 0 Å². The third-order valence-corrected chi connectivity index (χ3v) is 4.46. The summed E-state index contributed by atoms with van der Waals surface area (Å²) in [6.45, 7) is 1.57. The maximum Gasteiger partial charge on any atom is 0.143 e. The Labute approximate surface area is 132 Å². The molecular weight excluding hydrogens is 309 g/mol. The predicted molar refractivity (Wildman–Crippen MR) is 82.6 cm³/mol. The summed E-state index contributed by atoms with van der Waals surface area (Å²) >= 11 is 6.24. The molecule has 0 bridgehead atoms. The number of ketones is 1. The highest BCUT2D eigenvalue weighted by molar-refractivity contribution is 7.94. The number of hydrogen-bond acceptors (Lipinski definition) is 3. The van der Waals surface area contributed by atoms with Crippen LogP contribution in [0.5, 0.6) is 0 Å². The number of carbonyl (C=O) groups excluding carboxylic acids is 1. The highest BCUT2D eigenvalue weighted by atomic mass is 35.5. The molecule has 2 nitrogen and oxygen atoms in total. The summed E-state index contributed by atoms with van der Waals surface area (Å²) in [4.78, 5) is 17.0. The topological polar surface area (TPSA) is 30.0 Å². The van der Waals surface area contributed by atoms with E-state index in [0.717, 1.165) is 35.2 Å². The fourth-order valence-corrected chi connectivity index (χ4v) is 3.38. The van der Waals surface area contributed by atoms with E-state index < -0.39 is 5.92 Å². The number of hydrogen-bond donors (Lipinski definition) is 0. The molecule has 5 heteroatoms. The van der Waals surface area contributed by atoms with Crippen molar-refractivity contribution in [1.29, 1.82) is 0 Å². The van der Waals surface area contributed by atoms with Crippen LogP contribution in [0, 0.1) is 0 Å². The number of benzene rings is 1. The molecule has 0 aliphatic heterocycles. The molecule has 1 aromatic heterocycles. The molecule has 0 spiro atoms. The van der Waals surface area contributed by atoms with Gasteiger partial charge in [-0.05, 0) is 54.7 Å². The van der Waals surface area contributed by atoms with Crippen LogP contribution in [0.1, 0.15) is 35.2 Å². The number of carbonyl (C=O) groups is 1. The van der Waals surface area contributed by atoms with Crippen molar-refractivity contribution in [2.45, 2.75) is 30.6 Å². The van der Waals surface area contributed by atoms with Gasteiger partial charge in [-0.2, -0.15) is 3.89 Å². The first-order chi connectivity index (χ1) is 10.1. The number of rotatable bonds is 2. The highest BCUT2D eigenvalue weighted by Gasteiger charge is 2.28. The molecule has 21 heavy (non-hydrogen) atoms. The van der Waals surface area contributed by atoms with Gasteiger partial charge in [0.05, 0.1) is 28.7 Å². The third-order valence-electron chi connectivity index (χ3n) is 3.83. The molecule has 0 saturated carbocycles. The smallest absolute Gasteiger partial charge is 0.143 e. The van der Waals surface area contributed by atoms with E-state index in [2.05, 4.69) is 4.98 Å². The summed E-state index contributed by atoms with van der Waals surface area (Å²) < 4.78 is 12.8. The zero-order valence-corrected chi connectivity index (χ0v) is 13.0. The molecule has 1 aliphatic rings. The fraction of sp³-hybridized carbons (Fsp3) is 0.250. The number of fused-ring (bicyclic) bond motifs is 2. The lowest BCUT2D eigenvalue weighted by Crippen LogP contribution is -2.14. The molecule has 3 rings (SSSR count). The normalized spacial score (nSPS) is 16.8. The van der Waals surface area contributed by atoms with Crippen LogP contribution >= 0.6 is 23.7 Å². The molecule has 108 valence electrons. The number of Topliss-reactive ketones (excluding diaryl/α,β-unsaturated/α-hetero) is 1. The lowest BCUT2D eigenvalue weighted by atomic mass is 9.88. The molecule has 0 amide bonds. The van der Waals surface area contributed by atoms with Crippen molar-refractivity contribution >= 4 is 29.5 Å². The van der Waals surface area contributed by atoms with E-state index in [4.69, 9.17) is 11.6 Å². The van der Waals surface area contributed by atoms with Crippen LogP contribution in [0.25, 0.3) is 0 Å². The first-order valence-electron chi connectivity index (χ1n) is 6.66. The maximum atomic E-state index is 12.8. The van der Waals surface area contributed by atoms with Crippen molar-refractivity contribution in [2.24, 2.45) is 0 Å². The molecule has 0 saturated heterocycles. The molecule has 0 N–H and O–H groups in total. The van der Waals surface area contributed by atoms with Crippen LogP contribution in [-0.2, 0) is 17.6 Å². The van der Waals surface area contributed by atoms with Crippen LogP contribution in [0.2, 0.25) is 5.02 Å². The molecule has 0 radical (unpaired) electrons. The lowest BCUT2D eigenvalue weighted by Gasteiger charge is -2.16. The molecule has 0 fully saturated rings. The Morgan fingerprint density at radius 1 is 1.33 bits per heavy atom. The summed E-state index contributed by atoms with van der Waals surface area (Å²) in [6, 6.07) is 7.39. The van der Waals surface area contributed by atoms with E-state index >= 15 is 0 Å². The maximum absolute atomic E-state index is 12.8. The Bertz CT molecular complexity index is 719. The summed E-state index contributed by atoms with van der Waals surface area (Å²) in [5.74, 6) is -0.358. The first kappa shape index (κ1) is 14.5. The summed E-state index contributed by atoms with van der Waals surface area (Å²) in [7, 11) is 0. The minimum Gasteiger partial charge on any atom is -0.299 e. The number of pyridine rings is 1. The second-order valence-electron chi connectivity index (χ2n) is 5.18. The van der Waals surface area contributed by atoms with Gasteiger partial charge in [-0.15, -0.1) is 0 Å². The SMILES string of the molecule is CC(=O)C1c2ccc(Cl)cc2CCc2cc(SF)cnc21. The average Bonchev–Trinajstić information content (AvgIpc) is 2.62. The molecule has 1 atom stereocenters. The van der Waals surface area contributed by atoms with E-state index in [9.17, 15) is 8.68 Å². The minimum absolute atomic E-state index is 0.0369. The molecule has 1 heterocycles. The quantitative estimate of drug-likeness (QED) is 0.814. The van der Waals surface area contributed by atoms with Gasteiger partial charge in [-0.3, -0.25) is 9.78 Å². The van der Waals surface area contributed by atoms with Gasteiger partial charge in [0.25, 0.3) is 0 Å². The van der Waals surface area contributed by atoms with E-state index in [1.54, 1.807) is 19.1 Å². The standard InChI is InChI=1S/C16H13ClFNOS/c1-9(20)15-14-5-4-12(17)6-10(14)2-3-11-7-13(21-18)8-19-16(11)15/h4-8,15H,2-3H2,1H3. The second-order valence-corrected chi connectivity index (χ2v) is 6.24. The van der Waals surface area contributed by atoms with Gasteiger partial charge in [0.15, 0.2) is 0 Å². The van der Waals surface area contributed by atoms with Gasteiger partial charge in [0, 0.05) is 11.2 Å². The number of aryl methyl sites for hydroxylation is 2.